The van der Waals surface area contributed by atoms with Crippen LogP contribution in [-0.2, 0) is 9.53 Å². The predicted molar refractivity (Wildman–Crippen MR) is 77.0 cm³/mol. The maximum absolute atomic E-state index is 12.4. The van der Waals surface area contributed by atoms with E-state index in [0.717, 1.165) is 18.8 Å². The topological polar surface area (TPSA) is 41.6 Å². The fraction of sp³-hybridized carbons (Fsp3) is 0.923. The Bertz CT molecular complexity index is 245. The zero-order valence-corrected chi connectivity index (χ0v) is 12.6. The summed E-state index contributed by atoms with van der Waals surface area (Å²) in [5.41, 5.74) is 0. The molecule has 1 N–H and O–H groups in total. The molecule has 0 aromatic rings. The Morgan fingerprint density at radius 1 is 1.61 bits per heavy atom. The Balaban J connectivity index is 2.49. The van der Waals surface area contributed by atoms with E-state index in [1.54, 1.807) is 18.9 Å². The first-order chi connectivity index (χ1) is 8.69. The van der Waals surface area contributed by atoms with Gasteiger partial charge in [0.1, 0.15) is 0 Å². The number of nitrogens with one attached hydrogen (secondary N) is 1. The van der Waals surface area contributed by atoms with E-state index in [2.05, 4.69) is 5.32 Å². The van der Waals surface area contributed by atoms with Crippen LogP contribution in [0.5, 0.6) is 0 Å². The Morgan fingerprint density at radius 2 is 2.39 bits per heavy atom. The zero-order valence-electron chi connectivity index (χ0n) is 11.8. The fourth-order valence-electron chi connectivity index (χ4n) is 2.30. The van der Waals surface area contributed by atoms with Gasteiger partial charge < -0.3 is 15.0 Å². The van der Waals surface area contributed by atoms with Crippen LogP contribution < -0.4 is 5.32 Å². The van der Waals surface area contributed by atoms with Gasteiger partial charge in [0.15, 0.2) is 0 Å². The van der Waals surface area contributed by atoms with Crippen LogP contribution in [0.3, 0.4) is 0 Å². The molecule has 2 atom stereocenters. The summed E-state index contributed by atoms with van der Waals surface area (Å²) < 4.78 is 5.11. The standard InChI is InChI=1S/C13H26N2O2S/c1-11(10-18-3)13(16)15(7-8-17-2)9-12-5-4-6-14-12/h11-12,14H,4-10H2,1-3H3. The van der Waals surface area contributed by atoms with Gasteiger partial charge in [-0.1, -0.05) is 6.92 Å². The molecular formula is C13H26N2O2S. The number of methoxy groups -OCH3 is 1. The first kappa shape index (κ1) is 15.8. The molecule has 2 unspecified atom stereocenters. The van der Waals surface area contributed by atoms with E-state index in [4.69, 9.17) is 4.74 Å². The quantitative estimate of drug-likeness (QED) is 0.722. The second-order valence-electron chi connectivity index (χ2n) is 4.93. The van der Waals surface area contributed by atoms with Crippen LogP contribution in [0.2, 0.25) is 0 Å². The highest BCUT2D eigenvalue weighted by atomic mass is 32.2. The Labute approximate surface area is 115 Å². The van der Waals surface area contributed by atoms with Gasteiger partial charge in [-0.25, -0.2) is 0 Å². The molecule has 0 saturated carbocycles. The van der Waals surface area contributed by atoms with Gasteiger partial charge in [-0.05, 0) is 25.6 Å². The molecule has 1 rings (SSSR count). The first-order valence-electron chi connectivity index (χ1n) is 6.69. The fourth-order valence-corrected chi connectivity index (χ4v) is 2.95. The van der Waals surface area contributed by atoms with E-state index in [9.17, 15) is 4.79 Å². The second-order valence-corrected chi connectivity index (χ2v) is 5.84. The number of amides is 1. The van der Waals surface area contributed by atoms with Crippen LogP contribution in [0.1, 0.15) is 19.8 Å². The maximum atomic E-state index is 12.4. The highest BCUT2D eigenvalue weighted by Crippen LogP contribution is 2.12. The smallest absolute Gasteiger partial charge is 0.226 e. The minimum absolute atomic E-state index is 0.0956. The summed E-state index contributed by atoms with van der Waals surface area (Å²) in [6.07, 6.45) is 4.44. The van der Waals surface area contributed by atoms with Crippen LogP contribution in [-0.4, -0.2) is 62.2 Å². The predicted octanol–water partition coefficient (Wildman–Crippen LogP) is 1.21. The molecule has 0 spiro atoms. The molecule has 0 bridgehead atoms. The highest BCUT2D eigenvalue weighted by molar-refractivity contribution is 7.98. The lowest BCUT2D eigenvalue weighted by atomic mass is 10.1. The molecule has 1 saturated heterocycles. The number of rotatable bonds is 8. The molecule has 1 fully saturated rings. The number of carbonyl (C=O) groups excluding carboxylic acids is 1. The minimum atomic E-state index is 0.0956. The third-order valence-corrected chi connectivity index (χ3v) is 4.15. The molecule has 1 amide bonds. The lowest BCUT2D eigenvalue weighted by Gasteiger charge is -2.28. The highest BCUT2D eigenvalue weighted by Gasteiger charge is 2.24. The van der Waals surface area contributed by atoms with E-state index in [1.165, 1.54) is 12.8 Å². The number of nitrogens with zero attached hydrogens (tertiary/aromatic N) is 1. The number of thioether (sulfide) groups is 1. The summed E-state index contributed by atoms with van der Waals surface area (Å²) in [4.78, 5) is 14.3. The van der Waals surface area contributed by atoms with Gasteiger partial charge in [-0.15, -0.1) is 0 Å². The van der Waals surface area contributed by atoms with Gasteiger partial charge in [-0.3, -0.25) is 4.79 Å². The molecule has 5 heteroatoms. The van der Waals surface area contributed by atoms with Gasteiger partial charge in [0, 0.05) is 37.9 Å². The van der Waals surface area contributed by atoms with Crippen LogP contribution in [0.15, 0.2) is 0 Å². The molecule has 18 heavy (non-hydrogen) atoms. The van der Waals surface area contributed by atoms with E-state index < -0.39 is 0 Å². The van der Waals surface area contributed by atoms with Crippen molar-refractivity contribution in [1.29, 1.82) is 0 Å². The maximum Gasteiger partial charge on any atom is 0.226 e. The van der Waals surface area contributed by atoms with Gasteiger partial charge in [-0.2, -0.15) is 11.8 Å². The number of hydrogen-bond acceptors (Lipinski definition) is 4. The van der Waals surface area contributed by atoms with E-state index in [-0.39, 0.29) is 11.8 Å². The summed E-state index contributed by atoms with van der Waals surface area (Å²) in [6.45, 7) is 5.23. The van der Waals surface area contributed by atoms with Gasteiger partial charge in [0.05, 0.1) is 6.61 Å². The van der Waals surface area contributed by atoms with Crippen molar-refractivity contribution >= 4 is 17.7 Å². The van der Waals surface area contributed by atoms with Crippen LogP contribution in [0.25, 0.3) is 0 Å². The number of carbonyl (C=O) groups is 1. The second kappa shape index (κ2) is 8.77. The molecular weight excluding hydrogens is 248 g/mol. The SMILES string of the molecule is COCCN(CC1CCCN1)C(=O)C(C)CSC. The zero-order chi connectivity index (χ0) is 13.4. The Morgan fingerprint density at radius 3 is 2.94 bits per heavy atom. The molecule has 0 aromatic carbocycles. The molecule has 0 radical (unpaired) electrons. The molecule has 1 heterocycles. The lowest BCUT2D eigenvalue weighted by molar-refractivity contribution is -0.135. The minimum Gasteiger partial charge on any atom is -0.383 e. The van der Waals surface area contributed by atoms with Crippen molar-refractivity contribution in [3.8, 4) is 0 Å². The first-order valence-corrected chi connectivity index (χ1v) is 8.08. The van der Waals surface area contributed by atoms with Crippen LogP contribution in [0, 0.1) is 5.92 Å². The molecule has 0 aliphatic carbocycles. The average molecular weight is 274 g/mol. The summed E-state index contributed by atoms with van der Waals surface area (Å²) >= 11 is 1.73. The monoisotopic (exact) mass is 274 g/mol. The van der Waals surface area contributed by atoms with Gasteiger partial charge >= 0.3 is 0 Å². The molecule has 106 valence electrons. The van der Waals surface area contributed by atoms with Gasteiger partial charge in [0.2, 0.25) is 5.91 Å². The van der Waals surface area contributed by atoms with E-state index in [1.807, 2.05) is 18.1 Å². The molecule has 4 nitrogen and oxygen atoms in total. The van der Waals surface area contributed by atoms with Crippen LogP contribution in [0.4, 0.5) is 0 Å². The van der Waals surface area contributed by atoms with Crippen molar-refractivity contribution in [1.82, 2.24) is 10.2 Å². The van der Waals surface area contributed by atoms with Crippen molar-refractivity contribution in [3.63, 3.8) is 0 Å². The molecule has 1 aliphatic rings. The van der Waals surface area contributed by atoms with E-state index >= 15 is 0 Å². The van der Waals surface area contributed by atoms with Crippen molar-refractivity contribution < 1.29 is 9.53 Å². The van der Waals surface area contributed by atoms with Crippen molar-refractivity contribution in [3.05, 3.63) is 0 Å². The third-order valence-electron chi connectivity index (χ3n) is 3.32. The van der Waals surface area contributed by atoms with Crippen LogP contribution >= 0.6 is 11.8 Å². The molecule has 0 aromatic heterocycles. The van der Waals surface area contributed by atoms with Crippen molar-refractivity contribution in [2.24, 2.45) is 5.92 Å². The lowest BCUT2D eigenvalue weighted by Crippen LogP contribution is -2.45. The molecule has 1 aliphatic heterocycles. The third kappa shape index (κ3) is 5.16. The summed E-state index contributed by atoms with van der Waals surface area (Å²) in [5, 5.41) is 3.45. The van der Waals surface area contributed by atoms with Gasteiger partial charge in [0.25, 0.3) is 0 Å². The number of ether oxygens (including phenoxy) is 1. The Hall–Kier alpha value is -0.260. The number of hydrogen-bond donors (Lipinski definition) is 1. The summed E-state index contributed by atoms with van der Waals surface area (Å²) in [6, 6.07) is 0.465. The van der Waals surface area contributed by atoms with Crippen molar-refractivity contribution in [2.75, 3.05) is 45.4 Å². The summed E-state index contributed by atoms with van der Waals surface area (Å²) in [7, 11) is 1.68. The average Bonchev–Trinajstić information content (AvgIpc) is 2.86. The van der Waals surface area contributed by atoms with Crippen molar-refractivity contribution in [2.45, 2.75) is 25.8 Å². The van der Waals surface area contributed by atoms with E-state index in [0.29, 0.717) is 19.2 Å². The largest absolute Gasteiger partial charge is 0.383 e. The summed E-state index contributed by atoms with van der Waals surface area (Å²) in [5.74, 6) is 1.24. The Kier molecular flexibility index (Phi) is 7.70. The normalized spacial score (nSPS) is 20.9.